The van der Waals surface area contributed by atoms with E-state index in [0.29, 0.717) is 22.5 Å². The summed E-state index contributed by atoms with van der Waals surface area (Å²) in [7, 11) is 0. The van der Waals surface area contributed by atoms with Gasteiger partial charge in [0.2, 0.25) is 0 Å². The van der Waals surface area contributed by atoms with Gasteiger partial charge in [-0.3, -0.25) is 9.98 Å². The SMILES string of the molecule is Oc1ccccc1N=Cc1cc(Br)cc(C=Nc2ccccc2O)c1O. The van der Waals surface area contributed by atoms with Gasteiger partial charge in [0.25, 0.3) is 0 Å². The van der Waals surface area contributed by atoms with Crippen molar-refractivity contribution < 1.29 is 15.3 Å². The first-order valence-electron chi connectivity index (χ1n) is 7.71. The van der Waals surface area contributed by atoms with E-state index in [4.69, 9.17) is 0 Å². The van der Waals surface area contributed by atoms with Gasteiger partial charge in [0.15, 0.2) is 0 Å². The summed E-state index contributed by atoms with van der Waals surface area (Å²) in [4.78, 5) is 8.42. The van der Waals surface area contributed by atoms with Crippen LogP contribution in [0.15, 0.2) is 75.1 Å². The molecule has 0 fully saturated rings. The molecule has 26 heavy (non-hydrogen) atoms. The average molecular weight is 411 g/mol. The lowest BCUT2D eigenvalue weighted by atomic mass is 10.1. The normalized spacial score (nSPS) is 11.4. The van der Waals surface area contributed by atoms with Crippen molar-refractivity contribution in [3.8, 4) is 17.2 Å². The summed E-state index contributed by atoms with van der Waals surface area (Å²) < 4.78 is 0.729. The molecule has 0 unspecified atom stereocenters. The number of halogens is 1. The van der Waals surface area contributed by atoms with Gasteiger partial charge in [-0.1, -0.05) is 40.2 Å². The Bertz CT molecular complexity index is 923. The first-order valence-corrected chi connectivity index (χ1v) is 8.50. The fraction of sp³-hybridized carbons (Fsp3) is 0. The number of hydrogen-bond acceptors (Lipinski definition) is 5. The fourth-order valence-corrected chi connectivity index (χ4v) is 2.76. The highest BCUT2D eigenvalue weighted by molar-refractivity contribution is 9.10. The number of benzene rings is 3. The number of phenolic OH excluding ortho intramolecular Hbond substituents is 3. The average Bonchev–Trinajstić information content (AvgIpc) is 2.63. The summed E-state index contributed by atoms with van der Waals surface area (Å²) in [5.74, 6) is 0.102. The molecule has 130 valence electrons. The van der Waals surface area contributed by atoms with Gasteiger partial charge in [-0.15, -0.1) is 0 Å². The second-order valence-corrected chi connectivity index (χ2v) is 6.34. The smallest absolute Gasteiger partial charge is 0.141 e. The van der Waals surface area contributed by atoms with Crippen LogP contribution >= 0.6 is 15.9 Å². The lowest BCUT2D eigenvalue weighted by Gasteiger charge is -2.05. The number of phenols is 3. The van der Waals surface area contributed by atoms with Gasteiger partial charge in [-0.25, -0.2) is 0 Å². The van der Waals surface area contributed by atoms with Gasteiger partial charge in [0, 0.05) is 28.0 Å². The van der Waals surface area contributed by atoms with Crippen LogP contribution in [0.2, 0.25) is 0 Å². The Morgan fingerprint density at radius 2 is 1.12 bits per heavy atom. The number of hydrogen-bond donors (Lipinski definition) is 3. The third-order valence-corrected chi connectivity index (χ3v) is 4.04. The highest BCUT2D eigenvalue weighted by atomic mass is 79.9. The number of rotatable bonds is 4. The summed E-state index contributed by atoms with van der Waals surface area (Å²) in [6.07, 6.45) is 2.93. The van der Waals surface area contributed by atoms with E-state index in [1.807, 2.05) is 0 Å². The van der Waals surface area contributed by atoms with Crippen LogP contribution in [0, 0.1) is 0 Å². The molecular formula is C20H15BrN2O3. The van der Waals surface area contributed by atoms with Crippen LogP contribution in [0.5, 0.6) is 17.2 Å². The molecule has 3 rings (SSSR count). The van der Waals surface area contributed by atoms with Crippen LogP contribution in [-0.4, -0.2) is 27.7 Å². The molecule has 0 amide bonds. The van der Waals surface area contributed by atoms with Gasteiger partial charge in [-0.2, -0.15) is 0 Å². The van der Waals surface area contributed by atoms with Gasteiger partial charge >= 0.3 is 0 Å². The van der Waals surface area contributed by atoms with E-state index in [-0.39, 0.29) is 17.2 Å². The Morgan fingerprint density at radius 3 is 1.54 bits per heavy atom. The zero-order chi connectivity index (χ0) is 18.5. The number of nitrogens with zero attached hydrogens (tertiary/aromatic N) is 2. The van der Waals surface area contributed by atoms with Crippen LogP contribution in [0.4, 0.5) is 11.4 Å². The number of aromatic hydroxyl groups is 3. The zero-order valence-electron chi connectivity index (χ0n) is 13.5. The highest BCUT2D eigenvalue weighted by Gasteiger charge is 2.07. The van der Waals surface area contributed by atoms with Crippen molar-refractivity contribution in [2.45, 2.75) is 0 Å². The standard InChI is InChI=1S/C20H15BrN2O3/c21-15-9-13(11-22-16-5-1-3-7-18(16)24)20(26)14(10-15)12-23-17-6-2-4-8-19(17)25/h1-12,24-26H. The molecule has 5 nitrogen and oxygen atoms in total. The molecule has 0 bridgehead atoms. The third-order valence-electron chi connectivity index (χ3n) is 3.58. The Labute approximate surface area is 158 Å². The van der Waals surface area contributed by atoms with Crippen molar-refractivity contribution in [1.29, 1.82) is 0 Å². The summed E-state index contributed by atoms with van der Waals surface area (Å²) in [5.41, 5.74) is 1.72. The van der Waals surface area contributed by atoms with Gasteiger partial charge in [0.1, 0.15) is 28.6 Å². The molecule has 0 saturated carbocycles. The lowest BCUT2D eigenvalue weighted by molar-refractivity contribution is 0.472. The lowest BCUT2D eigenvalue weighted by Crippen LogP contribution is -1.90. The first kappa shape index (κ1) is 17.7. The number of para-hydroxylation sites is 4. The van der Waals surface area contributed by atoms with E-state index < -0.39 is 0 Å². The maximum Gasteiger partial charge on any atom is 0.141 e. The molecule has 6 heteroatoms. The summed E-state index contributed by atoms with van der Waals surface area (Å²) in [5, 5.41) is 30.0. The highest BCUT2D eigenvalue weighted by Crippen LogP contribution is 2.30. The minimum absolute atomic E-state index is 0.00783. The second-order valence-electron chi connectivity index (χ2n) is 5.43. The summed E-state index contributed by atoms with van der Waals surface area (Å²) in [6.45, 7) is 0. The van der Waals surface area contributed by atoms with Crippen molar-refractivity contribution in [2.24, 2.45) is 9.98 Å². The van der Waals surface area contributed by atoms with Crippen LogP contribution in [-0.2, 0) is 0 Å². The monoisotopic (exact) mass is 410 g/mol. The summed E-state index contributed by atoms with van der Waals surface area (Å²) in [6, 6.07) is 16.8. The van der Waals surface area contributed by atoms with Gasteiger partial charge in [0.05, 0.1) is 0 Å². The molecule has 0 heterocycles. The molecule has 0 aromatic heterocycles. The Balaban J connectivity index is 1.94. The molecule has 0 radical (unpaired) electrons. The van der Waals surface area contributed by atoms with Crippen molar-refractivity contribution in [2.75, 3.05) is 0 Å². The Hall–Kier alpha value is -3.12. The molecule has 0 aliphatic heterocycles. The maximum atomic E-state index is 10.5. The van der Waals surface area contributed by atoms with Crippen molar-refractivity contribution in [3.05, 3.63) is 76.3 Å². The van der Waals surface area contributed by atoms with Crippen LogP contribution < -0.4 is 0 Å². The van der Waals surface area contributed by atoms with Gasteiger partial charge in [-0.05, 0) is 36.4 Å². The van der Waals surface area contributed by atoms with Gasteiger partial charge < -0.3 is 15.3 Å². The molecule has 3 aromatic carbocycles. The molecular weight excluding hydrogens is 396 g/mol. The van der Waals surface area contributed by atoms with E-state index >= 15 is 0 Å². The maximum absolute atomic E-state index is 10.5. The van der Waals surface area contributed by atoms with Crippen molar-refractivity contribution in [3.63, 3.8) is 0 Å². The first-order chi connectivity index (χ1) is 12.5. The topological polar surface area (TPSA) is 85.4 Å². The molecule has 0 aliphatic carbocycles. The van der Waals surface area contributed by atoms with Crippen LogP contribution in [0.3, 0.4) is 0 Å². The minimum Gasteiger partial charge on any atom is -0.507 e. The largest absolute Gasteiger partial charge is 0.507 e. The predicted molar refractivity (Wildman–Crippen MR) is 107 cm³/mol. The molecule has 0 aliphatic rings. The quantitative estimate of drug-likeness (QED) is 0.524. The van der Waals surface area contributed by atoms with E-state index in [1.54, 1.807) is 48.5 Å². The molecule has 3 aromatic rings. The Kier molecular flexibility index (Phi) is 5.34. The molecule has 0 saturated heterocycles. The molecule has 0 spiro atoms. The van der Waals surface area contributed by atoms with Crippen molar-refractivity contribution in [1.82, 2.24) is 0 Å². The second kappa shape index (κ2) is 7.84. The minimum atomic E-state index is -0.00783. The van der Waals surface area contributed by atoms with Crippen molar-refractivity contribution >= 4 is 39.7 Å². The predicted octanol–water partition coefficient (Wildman–Crippen LogP) is 5.07. The molecule has 3 N–H and O–H groups in total. The van der Waals surface area contributed by atoms with Crippen LogP contribution in [0.1, 0.15) is 11.1 Å². The number of aliphatic imine (C=N–C) groups is 2. The Morgan fingerprint density at radius 1 is 0.692 bits per heavy atom. The third kappa shape index (κ3) is 4.10. The van der Waals surface area contributed by atoms with E-state index in [2.05, 4.69) is 25.9 Å². The van der Waals surface area contributed by atoms with E-state index in [0.717, 1.165) is 4.47 Å². The van der Waals surface area contributed by atoms with E-state index in [1.165, 1.54) is 24.6 Å². The summed E-state index contributed by atoms with van der Waals surface area (Å²) >= 11 is 3.40. The van der Waals surface area contributed by atoms with E-state index in [9.17, 15) is 15.3 Å². The molecule has 0 atom stereocenters. The zero-order valence-corrected chi connectivity index (χ0v) is 15.1. The van der Waals surface area contributed by atoms with Crippen LogP contribution in [0.25, 0.3) is 0 Å². The fourth-order valence-electron chi connectivity index (χ4n) is 2.26.